The average Bonchev–Trinajstić information content (AvgIpc) is 4.16. The quantitative estimate of drug-likeness (QED) is 0.170. The van der Waals surface area contributed by atoms with Crippen LogP contribution in [0.2, 0.25) is 0 Å². The molecule has 0 bridgehead atoms. The third kappa shape index (κ3) is 4.96. The molecule has 1 unspecified atom stereocenters. The van der Waals surface area contributed by atoms with Gasteiger partial charge in [-0.1, -0.05) is 188 Å². The summed E-state index contributed by atoms with van der Waals surface area (Å²) in [6.07, 6.45) is 0. The van der Waals surface area contributed by atoms with Gasteiger partial charge in [-0.3, -0.25) is 0 Å². The average molecular weight is 919 g/mol. The van der Waals surface area contributed by atoms with Gasteiger partial charge >= 0.3 is 0 Å². The van der Waals surface area contributed by atoms with E-state index in [1.807, 2.05) is 11.3 Å². The molecule has 330 valence electrons. The van der Waals surface area contributed by atoms with E-state index in [0.29, 0.717) is 0 Å². The highest BCUT2D eigenvalue weighted by Crippen LogP contribution is 2.67. The van der Waals surface area contributed by atoms with Gasteiger partial charge in [0.25, 0.3) is 0 Å². The topological polar surface area (TPSA) is 6.48 Å². The van der Waals surface area contributed by atoms with Crippen molar-refractivity contribution in [2.75, 3.05) is 9.80 Å². The molecule has 3 aliphatic carbocycles. The van der Waals surface area contributed by atoms with E-state index in [1.165, 1.54) is 115 Å². The number of nitrogens with zero attached hydrogens (tertiary/aromatic N) is 2. The van der Waals surface area contributed by atoms with Crippen molar-refractivity contribution in [1.82, 2.24) is 0 Å². The second-order valence-corrected chi connectivity index (χ2v) is 20.5. The lowest BCUT2D eigenvalue weighted by Gasteiger charge is -2.44. The lowest BCUT2D eigenvalue weighted by atomic mass is 9.65. The molecule has 2 heterocycles. The summed E-state index contributed by atoms with van der Waals surface area (Å²) in [7, 11) is 0. The van der Waals surface area contributed by atoms with E-state index in [2.05, 4.69) is 265 Å². The summed E-state index contributed by atoms with van der Waals surface area (Å²) < 4.78 is 2.57. The van der Waals surface area contributed by atoms with Crippen LogP contribution in [0.1, 0.15) is 44.5 Å². The van der Waals surface area contributed by atoms with Crippen molar-refractivity contribution in [3.8, 4) is 33.4 Å². The molecule has 0 fully saturated rings. The zero-order chi connectivity index (χ0) is 46.4. The molecule has 3 heteroatoms. The van der Waals surface area contributed by atoms with E-state index in [-0.39, 0.29) is 0 Å². The predicted molar refractivity (Wildman–Crippen MR) is 296 cm³/mol. The van der Waals surface area contributed by atoms with Crippen LogP contribution in [0.15, 0.2) is 255 Å². The van der Waals surface area contributed by atoms with Crippen LogP contribution >= 0.6 is 11.3 Å². The van der Waals surface area contributed by atoms with Crippen molar-refractivity contribution in [2.45, 2.75) is 10.8 Å². The first-order valence-corrected chi connectivity index (χ1v) is 25.5. The smallest absolute Gasteiger partial charge is 0.0755 e. The van der Waals surface area contributed by atoms with Gasteiger partial charge in [0.2, 0.25) is 0 Å². The van der Waals surface area contributed by atoms with E-state index >= 15 is 0 Å². The Labute approximate surface area is 416 Å². The predicted octanol–water partition coefficient (Wildman–Crippen LogP) is 18.0. The SMILES string of the molecule is c1ccc(N2c3ccccc3C3(c4ccccc4)c4cc(N(c5ccc6c(c5)C5(c7ccccc7-c7ccccc75)c5ccccc5-6)c5cccc6sc7ccccc7c56)ccc4-c4cccc2c43)cc1. The van der Waals surface area contributed by atoms with E-state index in [4.69, 9.17) is 0 Å². The highest BCUT2D eigenvalue weighted by atomic mass is 32.1. The van der Waals surface area contributed by atoms with Crippen LogP contribution in [-0.4, -0.2) is 0 Å². The molecule has 11 aromatic carbocycles. The molecular formula is C68H42N2S. The van der Waals surface area contributed by atoms with Crippen LogP contribution in [0, 0.1) is 0 Å². The molecule has 1 aliphatic heterocycles. The van der Waals surface area contributed by atoms with Gasteiger partial charge in [0.15, 0.2) is 0 Å². The maximum absolute atomic E-state index is 2.58. The first kappa shape index (κ1) is 39.1. The molecule has 1 aromatic heterocycles. The molecular weight excluding hydrogens is 877 g/mol. The summed E-state index contributed by atoms with van der Waals surface area (Å²) >= 11 is 1.88. The third-order valence-corrected chi connectivity index (χ3v) is 17.4. The number of thiophene rings is 1. The van der Waals surface area contributed by atoms with Crippen LogP contribution in [0.4, 0.5) is 34.1 Å². The standard InChI is InChI=1S/C68H42N2S/c1-3-19-43(20-4-1)67-57-31-14-15-32-60(57)70(44-21-5-2-6-22-44)62-34-17-27-52(66(62)67)51-40-38-45(41-58(51)67)69(61-33-18-36-64-65(61)53-26-10-16-35-63(53)71-64)46-37-39-50-49-25-9-13-30-56(49)68(59(50)42-46)54-28-11-7-23-47(54)48-24-8-12-29-55(48)68/h1-42H. The van der Waals surface area contributed by atoms with Gasteiger partial charge in [0, 0.05) is 42.8 Å². The lowest BCUT2D eigenvalue weighted by molar-refractivity contribution is 0.753. The Morgan fingerprint density at radius 1 is 0.338 bits per heavy atom. The van der Waals surface area contributed by atoms with Gasteiger partial charge in [0.1, 0.15) is 0 Å². The molecule has 16 rings (SSSR count). The van der Waals surface area contributed by atoms with Crippen molar-refractivity contribution in [3.05, 3.63) is 299 Å². The molecule has 0 N–H and O–H groups in total. The Kier molecular flexibility index (Phi) is 7.93. The summed E-state index contributed by atoms with van der Waals surface area (Å²) in [5.74, 6) is 0. The molecule has 0 radical (unpaired) electrons. The van der Waals surface area contributed by atoms with Gasteiger partial charge in [0.05, 0.1) is 27.9 Å². The first-order chi connectivity index (χ1) is 35.2. The number of para-hydroxylation sites is 2. The number of fused-ring (bicyclic) bond motifs is 18. The molecule has 0 saturated heterocycles. The number of rotatable bonds is 5. The summed E-state index contributed by atoms with van der Waals surface area (Å²) in [5.41, 5.74) is 24.2. The summed E-state index contributed by atoms with van der Waals surface area (Å²) in [6, 6.07) is 96.1. The Balaban J connectivity index is 1.00. The molecule has 1 spiro atoms. The monoisotopic (exact) mass is 918 g/mol. The van der Waals surface area contributed by atoms with Crippen LogP contribution < -0.4 is 9.80 Å². The van der Waals surface area contributed by atoms with E-state index in [0.717, 1.165) is 17.1 Å². The van der Waals surface area contributed by atoms with Crippen molar-refractivity contribution in [3.63, 3.8) is 0 Å². The normalized spacial score (nSPS) is 15.7. The highest BCUT2D eigenvalue weighted by molar-refractivity contribution is 7.26. The number of hydrogen-bond acceptors (Lipinski definition) is 3. The van der Waals surface area contributed by atoms with Gasteiger partial charge < -0.3 is 9.80 Å². The second-order valence-electron chi connectivity index (χ2n) is 19.4. The largest absolute Gasteiger partial charge is 0.310 e. The fraction of sp³-hybridized carbons (Fsp3) is 0.0294. The fourth-order valence-corrected chi connectivity index (χ4v) is 14.8. The molecule has 0 saturated carbocycles. The zero-order valence-corrected chi connectivity index (χ0v) is 39.4. The minimum absolute atomic E-state index is 0.480. The highest BCUT2D eigenvalue weighted by Gasteiger charge is 2.54. The molecule has 4 aliphatic rings. The number of anilines is 6. The van der Waals surface area contributed by atoms with Crippen LogP contribution in [0.25, 0.3) is 53.6 Å². The van der Waals surface area contributed by atoms with E-state index < -0.39 is 10.8 Å². The molecule has 1 atom stereocenters. The molecule has 2 nitrogen and oxygen atoms in total. The molecule has 12 aromatic rings. The van der Waals surface area contributed by atoms with Crippen LogP contribution in [0.3, 0.4) is 0 Å². The Hall–Kier alpha value is -8.76. The van der Waals surface area contributed by atoms with Crippen LogP contribution in [0.5, 0.6) is 0 Å². The maximum atomic E-state index is 2.58. The summed E-state index contributed by atoms with van der Waals surface area (Å²) in [6.45, 7) is 0. The molecule has 0 amide bonds. The van der Waals surface area contributed by atoms with Crippen molar-refractivity contribution in [2.24, 2.45) is 0 Å². The van der Waals surface area contributed by atoms with Gasteiger partial charge in [-0.05, 0) is 139 Å². The van der Waals surface area contributed by atoms with Gasteiger partial charge in [-0.2, -0.15) is 0 Å². The molecule has 71 heavy (non-hydrogen) atoms. The van der Waals surface area contributed by atoms with Crippen molar-refractivity contribution in [1.29, 1.82) is 0 Å². The Bertz CT molecular complexity index is 4140. The summed E-state index contributed by atoms with van der Waals surface area (Å²) in [5, 5.41) is 2.55. The van der Waals surface area contributed by atoms with Gasteiger partial charge in [-0.15, -0.1) is 11.3 Å². The Morgan fingerprint density at radius 2 is 0.831 bits per heavy atom. The van der Waals surface area contributed by atoms with E-state index in [9.17, 15) is 0 Å². The zero-order valence-electron chi connectivity index (χ0n) is 38.6. The Morgan fingerprint density at radius 3 is 1.52 bits per heavy atom. The van der Waals surface area contributed by atoms with Gasteiger partial charge in [-0.25, -0.2) is 0 Å². The van der Waals surface area contributed by atoms with Crippen molar-refractivity contribution < 1.29 is 0 Å². The number of benzene rings is 11. The number of hydrogen-bond donors (Lipinski definition) is 0. The summed E-state index contributed by atoms with van der Waals surface area (Å²) in [4.78, 5) is 5.06. The fourth-order valence-electron chi connectivity index (χ4n) is 13.7. The first-order valence-electron chi connectivity index (χ1n) is 24.7. The minimum Gasteiger partial charge on any atom is -0.310 e. The minimum atomic E-state index is -0.603. The lowest BCUT2D eigenvalue weighted by Crippen LogP contribution is -2.36. The second kappa shape index (κ2) is 14.4. The third-order valence-electron chi connectivity index (χ3n) is 16.2. The van der Waals surface area contributed by atoms with Crippen LogP contribution in [-0.2, 0) is 10.8 Å². The van der Waals surface area contributed by atoms with Crippen molar-refractivity contribution >= 4 is 65.6 Å². The van der Waals surface area contributed by atoms with E-state index in [1.54, 1.807) is 0 Å². The maximum Gasteiger partial charge on any atom is 0.0755 e.